The van der Waals surface area contributed by atoms with Crippen molar-refractivity contribution in [3.63, 3.8) is 0 Å². The van der Waals surface area contributed by atoms with Crippen molar-refractivity contribution in [2.75, 3.05) is 20.2 Å². The Hall–Kier alpha value is -1.11. The van der Waals surface area contributed by atoms with E-state index in [-0.39, 0.29) is 53.7 Å². The average molecular weight is 522 g/mol. The van der Waals surface area contributed by atoms with Crippen LogP contribution in [0.25, 0.3) is 0 Å². The Kier molecular flexibility index (Phi) is 10.3. The molecule has 1 aliphatic heterocycles. The number of aliphatic imine (C=N–C) groups is 1. The molecule has 27 heavy (non-hydrogen) atoms. The summed E-state index contributed by atoms with van der Waals surface area (Å²) in [6.07, 6.45) is 0.513. The molecule has 1 fully saturated rings. The van der Waals surface area contributed by atoms with Crippen LogP contribution in [0.4, 0.5) is 0 Å². The molecule has 2 rings (SSSR count). The molecule has 10 heteroatoms. The van der Waals surface area contributed by atoms with Gasteiger partial charge >= 0.3 is 0 Å². The zero-order valence-electron chi connectivity index (χ0n) is 15.0. The van der Waals surface area contributed by atoms with E-state index in [1.54, 1.807) is 24.3 Å². The predicted octanol–water partition coefficient (Wildman–Crippen LogP) is 2.43. The van der Waals surface area contributed by atoms with Gasteiger partial charge < -0.3 is 20.7 Å². The summed E-state index contributed by atoms with van der Waals surface area (Å²) in [7, 11) is 1.81. The van der Waals surface area contributed by atoms with Gasteiger partial charge in [0.1, 0.15) is 5.25 Å². The maximum atomic E-state index is 12.4. The minimum Gasteiger partial charge on any atom is -0.396 e. The predicted molar refractivity (Wildman–Crippen MR) is 122 cm³/mol. The first-order valence-corrected chi connectivity index (χ1v) is 9.90. The highest BCUT2D eigenvalue weighted by molar-refractivity contribution is 14.0. The molecular weight excluding hydrogens is 499 g/mol. The van der Waals surface area contributed by atoms with Crippen LogP contribution in [0.2, 0.25) is 0 Å². The first-order valence-electron chi connectivity index (χ1n) is 8.14. The summed E-state index contributed by atoms with van der Waals surface area (Å²) in [5, 5.41) is 18.8. The number of nitrogens with zero attached hydrogens (tertiary/aromatic N) is 2. The van der Waals surface area contributed by atoms with Crippen molar-refractivity contribution < 1.29 is 14.7 Å². The lowest BCUT2D eigenvalue weighted by Crippen LogP contribution is -2.41. The van der Waals surface area contributed by atoms with E-state index in [1.807, 2.05) is 18.9 Å². The van der Waals surface area contributed by atoms with Crippen LogP contribution in [0.5, 0.6) is 0 Å². The average Bonchev–Trinajstić information content (AvgIpc) is 2.91. The zero-order valence-corrected chi connectivity index (χ0v) is 19.0. The van der Waals surface area contributed by atoms with Gasteiger partial charge in [-0.3, -0.25) is 9.59 Å². The second-order valence-electron chi connectivity index (χ2n) is 5.72. The Bertz CT molecular complexity index is 700. The van der Waals surface area contributed by atoms with Crippen LogP contribution in [0.3, 0.4) is 0 Å². The second-order valence-corrected chi connectivity index (χ2v) is 7.77. The number of rotatable bonds is 7. The van der Waals surface area contributed by atoms with Gasteiger partial charge in [-0.25, -0.2) is 0 Å². The van der Waals surface area contributed by atoms with E-state index in [4.69, 9.17) is 10.5 Å². The van der Waals surface area contributed by atoms with E-state index >= 15 is 0 Å². The van der Waals surface area contributed by atoms with Crippen molar-refractivity contribution >= 4 is 70.0 Å². The molecule has 148 valence electrons. The topological polar surface area (TPSA) is 106 Å². The number of hydrogen-bond donors (Lipinski definition) is 3. The summed E-state index contributed by atoms with van der Waals surface area (Å²) >= 11 is 2.54. The molecule has 2 atom stereocenters. The molecule has 0 bridgehead atoms. The molecule has 0 aliphatic carbocycles. The number of carbonyl (C=O) groups is 2. The molecule has 2 amide bonds. The van der Waals surface area contributed by atoms with Crippen molar-refractivity contribution in [3.05, 3.63) is 29.8 Å². The van der Waals surface area contributed by atoms with Gasteiger partial charge in [-0.2, -0.15) is 4.99 Å². The summed E-state index contributed by atoms with van der Waals surface area (Å²) in [4.78, 5) is 31.6. The molecule has 3 N–H and O–H groups in total. The molecule has 1 aromatic carbocycles. The fraction of sp³-hybridized carbons (Fsp3) is 0.412. The molecule has 7 nitrogen and oxygen atoms in total. The highest BCUT2D eigenvalue weighted by atomic mass is 127. The van der Waals surface area contributed by atoms with Crippen LogP contribution >= 0.6 is 47.5 Å². The lowest BCUT2D eigenvalue weighted by Gasteiger charge is -2.19. The van der Waals surface area contributed by atoms with Gasteiger partial charge in [0.2, 0.25) is 5.91 Å². The number of carbonyl (C=O) groups excluding carboxylic acids is 2. The number of benzene rings is 1. The van der Waals surface area contributed by atoms with Gasteiger partial charge in [-0.15, -0.1) is 24.0 Å². The van der Waals surface area contributed by atoms with Gasteiger partial charge in [0.25, 0.3) is 5.91 Å². The van der Waals surface area contributed by atoms with Crippen LogP contribution in [-0.4, -0.2) is 64.0 Å². The zero-order chi connectivity index (χ0) is 19.1. The minimum absolute atomic E-state index is 0. The fourth-order valence-electron chi connectivity index (χ4n) is 2.34. The monoisotopic (exact) mass is 522 g/mol. The normalized spacial score (nSPS) is 20.3. The van der Waals surface area contributed by atoms with Crippen molar-refractivity contribution in [1.82, 2.24) is 10.2 Å². The first-order chi connectivity index (χ1) is 12.5. The van der Waals surface area contributed by atoms with E-state index in [2.05, 4.69) is 10.3 Å². The molecule has 1 aromatic rings. The SMILES string of the molecule is CC1C(C(=O)NCCCO)SC(=NC(=O)c2ccc(SC=N)cc2)N1C.I. The standard InChI is InChI=1S/C17H22N4O3S2.HI/c1-11-14(16(24)19-8-3-9-22)26-17(21(11)2)20-15(23)12-4-6-13(7-5-12)25-10-18;/h4-7,10-11,14,18,22H,3,8-9H2,1-2H3,(H,19,24);1H. The molecule has 0 spiro atoms. The van der Waals surface area contributed by atoms with E-state index < -0.39 is 0 Å². The number of halogens is 1. The van der Waals surface area contributed by atoms with E-state index in [1.165, 1.54) is 29.1 Å². The van der Waals surface area contributed by atoms with Gasteiger partial charge in [0.05, 0.1) is 5.55 Å². The van der Waals surface area contributed by atoms with Crippen LogP contribution in [0, 0.1) is 5.41 Å². The minimum atomic E-state index is -0.362. The van der Waals surface area contributed by atoms with E-state index in [0.717, 1.165) is 4.90 Å². The van der Waals surface area contributed by atoms with Crippen LogP contribution in [0.15, 0.2) is 34.2 Å². The number of aliphatic hydroxyl groups is 1. The Balaban J connectivity index is 0.00000364. The summed E-state index contributed by atoms with van der Waals surface area (Å²) in [5.41, 5.74) is 1.69. The van der Waals surface area contributed by atoms with Gasteiger partial charge in [0, 0.05) is 36.7 Å². The van der Waals surface area contributed by atoms with Gasteiger partial charge in [-0.05, 0) is 37.6 Å². The third-order valence-electron chi connectivity index (χ3n) is 3.97. The first kappa shape index (κ1) is 23.9. The van der Waals surface area contributed by atoms with E-state index in [0.29, 0.717) is 23.7 Å². The third-order valence-corrected chi connectivity index (χ3v) is 6.08. The number of nitrogens with one attached hydrogen (secondary N) is 2. The van der Waals surface area contributed by atoms with Crippen LogP contribution in [0.1, 0.15) is 23.7 Å². The summed E-state index contributed by atoms with van der Waals surface area (Å²) in [6.45, 7) is 2.37. The number of aliphatic hydroxyl groups excluding tert-OH is 1. The molecule has 1 aliphatic rings. The Labute approximate surface area is 184 Å². The summed E-state index contributed by atoms with van der Waals surface area (Å²) < 4.78 is 0. The Morgan fingerprint density at radius 2 is 2.07 bits per heavy atom. The van der Waals surface area contributed by atoms with Crippen LogP contribution < -0.4 is 5.32 Å². The van der Waals surface area contributed by atoms with Crippen molar-refractivity contribution in [1.29, 1.82) is 5.41 Å². The van der Waals surface area contributed by atoms with E-state index in [9.17, 15) is 9.59 Å². The Morgan fingerprint density at radius 1 is 1.41 bits per heavy atom. The molecular formula is C17H23IN4O3S2. The molecule has 0 saturated carbocycles. The second kappa shape index (κ2) is 11.7. The van der Waals surface area contributed by atoms with Gasteiger partial charge in [0.15, 0.2) is 5.17 Å². The molecule has 1 saturated heterocycles. The van der Waals surface area contributed by atoms with Crippen molar-refractivity contribution in [2.45, 2.75) is 29.5 Å². The smallest absolute Gasteiger partial charge is 0.279 e. The highest BCUT2D eigenvalue weighted by Crippen LogP contribution is 2.31. The largest absolute Gasteiger partial charge is 0.396 e. The van der Waals surface area contributed by atoms with Gasteiger partial charge in [-0.1, -0.05) is 23.5 Å². The molecule has 0 radical (unpaired) electrons. The van der Waals surface area contributed by atoms with Crippen molar-refractivity contribution in [2.24, 2.45) is 4.99 Å². The Morgan fingerprint density at radius 3 is 2.67 bits per heavy atom. The highest BCUT2D eigenvalue weighted by Gasteiger charge is 2.38. The number of amidine groups is 1. The maximum Gasteiger partial charge on any atom is 0.279 e. The fourth-order valence-corrected chi connectivity index (χ4v) is 4.03. The summed E-state index contributed by atoms with van der Waals surface area (Å²) in [6, 6.07) is 6.82. The maximum absolute atomic E-state index is 12.4. The van der Waals surface area contributed by atoms with Crippen molar-refractivity contribution in [3.8, 4) is 0 Å². The molecule has 0 aromatic heterocycles. The number of hydrogen-bond acceptors (Lipinski definition) is 6. The lowest BCUT2D eigenvalue weighted by atomic mass is 10.2. The lowest BCUT2D eigenvalue weighted by molar-refractivity contribution is -0.121. The number of amides is 2. The molecule has 1 heterocycles. The third kappa shape index (κ3) is 6.47. The molecule has 2 unspecified atom stereocenters. The quantitative estimate of drug-likeness (QED) is 0.167. The van der Waals surface area contributed by atoms with Crippen LogP contribution in [-0.2, 0) is 4.79 Å². The number of thioether (sulfide) groups is 2. The summed E-state index contributed by atoms with van der Waals surface area (Å²) in [5.74, 6) is -0.479.